The summed E-state index contributed by atoms with van der Waals surface area (Å²) in [4.78, 5) is 2.71. The number of hydrogen-bond acceptors (Lipinski definition) is 3. The summed E-state index contributed by atoms with van der Waals surface area (Å²) >= 11 is 4.97. The molecule has 4 heteroatoms. The zero-order valence-corrected chi connectivity index (χ0v) is 9.56. The Hall–Kier alpha value is -0.190. The van der Waals surface area contributed by atoms with E-state index in [0.717, 1.165) is 26.2 Å². The fourth-order valence-electron chi connectivity index (χ4n) is 1.24. The van der Waals surface area contributed by atoms with E-state index in [1.807, 2.05) is 14.0 Å². The Morgan fingerprint density at radius 1 is 1.54 bits per heavy atom. The van der Waals surface area contributed by atoms with Gasteiger partial charge in [0.2, 0.25) is 0 Å². The molecule has 0 heterocycles. The Bertz CT molecular complexity index is 153. The number of hydrogen-bond donors (Lipinski definition) is 1. The van der Waals surface area contributed by atoms with Gasteiger partial charge < -0.3 is 10.5 Å². The fourth-order valence-corrected chi connectivity index (χ4v) is 1.59. The molecule has 1 unspecified atom stereocenters. The summed E-state index contributed by atoms with van der Waals surface area (Å²) in [5, 5.41) is 0. The highest BCUT2D eigenvalue weighted by Gasteiger charge is 2.14. The van der Waals surface area contributed by atoms with Crippen molar-refractivity contribution < 1.29 is 4.74 Å². The summed E-state index contributed by atoms with van der Waals surface area (Å²) in [6, 6.07) is 0.204. The third-order valence-corrected chi connectivity index (χ3v) is 2.31. The van der Waals surface area contributed by atoms with E-state index in [1.54, 1.807) is 0 Å². The van der Waals surface area contributed by atoms with Gasteiger partial charge in [-0.05, 0) is 20.4 Å². The zero-order valence-electron chi connectivity index (χ0n) is 8.75. The first-order valence-electron chi connectivity index (χ1n) is 4.70. The van der Waals surface area contributed by atoms with Crippen molar-refractivity contribution in [1.29, 1.82) is 0 Å². The molecule has 0 rings (SSSR count). The first-order valence-corrected chi connectivity index (χ1v) is 5.11. The Balaban J connectivity index is 3.77. The van der Waals surface area contributed by atoms with Gasteiger partial charge in [-0.25, -0.2) is 0 Å². The van der Waals surface area contributed by atoms with Crippen molar-refractivity contribution in [2.45, 2.75) is 26.3 Å². The van der Waals surface area contributed by atoms with Gasteiger partial charge in [-0.2, -0.15) is 0 Å². The van der Waals surface area contributed by atoms with Crippen LogP contribution in [0.25, 0.3) is 0 Å². The first-order chi connectivity index (χ1) is 6.13. The summed E-state index contributed by atoms with van der Waals surface area (Å²) in [5.41, 5.74) is 5.60. The molecule has 0 aromatic carbocycles. The van der Waals surface area contributed by atoms with Gasteiger partial charge in [0, 0.05) is 13.2 Å². The van der Waals surface area contributed by atoms with Crippen molar-refractivity contribution in [3.63, 3.8) is 0 Å². The minimum atomic E-state index is 0.204. The van der Waals surface area contributed by atoms with Crippen LogP contribution in [0, 0.1) is 0 Å². The second kappa shape index (κ2) is 7.24. The highest BCUT2D eigenvalue weighted by molar-refractivity contribution is 7.80. The molecule has 2 N–H and O–H groups in total. The van der Waals surface area contributed by atoms with Crippen LogP contribution in [-0.2, 0) is 4.74 Å². The Morgan fingerprint density at radius 2 is 2.15 bits per heavy atom. The third-order valence-electron chi connectivity index (χ3n) is 2.04. The van der Waals surface area contributed by atoms with Gasteiger partial charge in [0.15, 0.2) is 0 Å². The lowest BCUT2D eigenvalue weighted by molar-refractivity contribution is 0.116. The van der Waals surface area contributed by atoms with Gasteiger partial charge in [-0.1, -0.05) is 19.1 Å². The molecule has 0 aromatic heterocycles. The molecule has 3 nitrogen and oxygen atoms in total. The predicted octanol–water partition coefficient (Wildman–Crippen LogP) is 1.02. The molecule has 13 heavy (non-hydrogen) atoms. The van der Waals surface area contributed by atoms with Gasteiger partial charge in [-0.15, -0.1) is 0 Å². The number of likely N-dealkylation sites (N-methyl/N-ethyl adjacent to an activating group) is 1. The first kappa shape index (κ1) is 12.8. The third kappa shape index (κ3) is 5.18. The molecular weight excluding hydrogens is 184 g/mol. The molecule has 0 spiro atoms. The number of nitrogens with two attached hydrogens (primary N) is 1. The van der Waals surface area contributed by atoms with Crippen molar-refractivity contribution in [1.82, 2.24) is 4.90 Å². The quantitative estimate of drug-likeness (QED) is 0.496. The Kier molecular flexibility index (Phi) is 7.13. The highest BCUT2D eigenvalue weighted by Crippen LogP contribution is 2.01. The van der Waals surface area contributed by atoms with Crippen LogP contribution >= 0.6 is 12.2 Å². The largest absolute Gasteiger partial charge is 0.392 e. The summed E-state index contributed by atoms with van der Waals surface area (Å²) in [6.45, 7) is 6.46. The van der Waals surface area contributed by atoms with Gasteiger partial charge in [0.1, 0.15) is 0 Å². The van der Waals surface area contributed by atoms with Crippen molar-refractivity contribution in [2.24, 2.45) is 5.73 Å². The topological polar surface area (TPSA) is 38.5 Å². The maximum atomic E-state index is 5.60. The molecule has 0 bridgehead atoms. The van der Waals surface area contributed by atoms with Crippen LogP contribution in [0.4, 0.5) is 0 Å². The van der Waals surface area contributed by atoms with E-state index in [0.29, 0.717) is 4.99 Å². The van der Waals surface area contributed by atoms with Gasteiger partial charge in [0.25, 0.3) is 0 Å². The lowest BCUT2D eigenvalue weighted by atomic mass is 10.2. The molecule has 0 radical (unpaired) electrons. The number of nitrogens with zero attached hydrogens (tertiary/aromatic N) is 1. The maximum Gasteiger partial charge on any atom is 0.0901 e. The second-order valence-corrected chi connectivity index (χ2v) is 3.48. The van der Waals surface area contributed by atoms with Gasteiger partial charge >= 0.3 is 0 Å². The van der Waals surface area contributed by atoms with E-state index >= 15 is 0 Å². The minimum Gasteiger partial charge on any atom is -0.392 e. The van der Waals surface area contributed by atoms with Crippen molar-refractivity contribution in [3.05, 3.63) is 0 Å². The number of thiocarbonyl (C=S) groups is 1. The van der Waals surface area contributed by atoms with E-state index < -0.39 is 0 Å². The average molecular weight is 204 g/mol. The standard InChI is InChI=1S/C9H20N2OS/c1-4-8(9(10)13)11(3)6-7-12-5-2/h8H,4-7H2,1-3H3,(H2,10,13). The van der Waals surface area contributed by atoms with E-state index in [2.05, 4.69) is 11.8 Å². The zero-order chi connectivity index (χ0) is 10.3. The lowest BCUT2D eigenvalue weighted by Crippen LogP contribution is -2.42. The minimum absolute atomic E-state index is 0.204. The summed E-state index contributed by atoms with van der Waals surface area (Å²) in [7, 11) is 2.02. The van der Waals surface area contributed by atoms with Crippen LogP contribution in [0.2, 0.25) is 0 Å². The van der Waals surface area contributed by atoms with Crippen molar-refractivity contribution in [2.75, 3.05) is 26.8 Å². The molecular formula is C9H20N2OS. The summed E-state index contributed by atoms with van der Waals surface area (Å²) in [5.74, 6) is 0. The van der Waals surface area contributed by atoms with E-state index in [1.165, 1.54) is 0 Å². The molecule has 0 saturated carbocycles. The molecule has 78 valence electrons. The lowest BCUT2D eigenvalue weighted by Gasteiger charge is -2.25. The molecule has 0 aliphatic rings. The monoisotopic (exact) mass is 204 g/mol. The second-order valence-electron chi connectivity index (χ2n) is 3.00. The van der Waals surface area contributed by atoms with E-state index in [9.17, 15) is 0 Å². The normalized spacial score (nSPS) is 13.2. The molecule has 0 aliphatic heterocycles. The van der Waals surface area contributed by atoms with E-state index in [-0.39, 0.29) is 6.04 Å². The number of rotatable bonds is 7. The van der Waals surface area contributed by atoms with Gasteiger partial charge in [0.05, 0.1) is 17.6 Å². The molecule has 0 saturated heterocycles. The van der Waals surface area contributed by atoms with Crippen molar-refractivity contribution in [3.8, 4) is 0 Å². The SMILES string of the molecule is CCOCCN(C)C(CC)C(N)=S. The van der Waals surface area contributed by atoms with Crippen LogP contribution in [0.5, 0.6) is 0 Å². The summed E-state index contributed by atoms with van der Waals surface area (Å²) in [6.07, 6.45) is 0.956. The predicted molar refractivity (Wildman–Crippen MR) is 60.0 cm³/mol. The summed E-state index contributed by atoms with van der Waals surface area (Å²) < 4.78 is 5.25. The smallest absolute Gasteiger partial charge is 0.0901 e. The average Bonchev–Trinajstić information content (AvgIpc) is 2.05. The fraction of sp³-hybridized carbons (Fsp3) is 0.889. The number of ether oxygens (including phenoxy) is 1. The van der Waals surface area contributed by atoms with Crippen molar-refractivity contribution >= 4 is 17.2 Å². The molecule has 0 fully saturated rings. The van der Waals surface area contributed by atoms with Crippen LogP contribution in [-0.4, -0.2) is 42.7 Å². The van der Waals surface area contributed by atoms with E-state index in [4.69, 9.17) is 22.7 Å². The van der Waals surface area contributed by atoms with Gasteiger partial charge in [-0.3, -0.25) is 4.90 Å². The Labute approximate surface area is 86.2 Å². The molecule has 0 amide bonds. The van der Waals surface area contributed by atoms with Crippen LogP contribution < -0.4 is 5.73 Å². The van der Waals surface area contributed by atoms with Crippen LogP contribution in [0.15, 0.2) is 0 Å². The highest BCUT2D eigenvalue weighted by atomic mass is 32.1. The molecule has 0 aliphatic carbocycles. The Morgan fingerprint density at radius 3 is 2.54 bits per heavy atom. The van der Waals surface area contributed by atoms with Crippen LogP contribution in [0.1, 0.15) is 20.3 Å². The van der Waals surface area contributed by atoms with Crippen LogP contribution in [0.3, 0.4) is 0 Å². The molecule has 0 aromatic rings. The maximum absolute atomic E-state index is 5.60. The molecule has 1 atom stereocenters.